The maximum Gasteiger partial charge on any atom is 0.319 e. The molecule has 0 unspecified atom stereocenters. The summed E-state index contributed by atoms with van der Waals surface area (Å²) in [7, 11) is 0. The van der Waals surface area contributed by atoms with Crippen molar-refractivity contribution in [2.75, 3.05) is 29.6 Å². The standard InChI is InChI=1S/C22H26N2O5S/c1-4-28-19-11-9-18(10-12-19)23-20(25)13-29-22(27)16(3)30-14-21(26)24-17-7-5-15(2)6-8-17/h5-12,16H,4,13-14H2,1-3H3,(H,23,25)(H,24,26)/t16-/m1/s1. The number of hydrogen-bond acceptors (Lipinski definition) is 6. The molecule has 30 heavy (non-hydrogen) atoms. The fourth-order valence-electron chi connectivity index (χ4n) is 2.35. The third-order valence-electron chi connectivity index (χ3n) is 3.93. The molecule has 2 rings (SSSR count). The second kappa shape index (κ2) is 11.9. The summed E-state index contributed by atoms with van der Waals surface area (Å²) in [6.45, 7) is 5.65. The minimum absolute atomic E-state index is 0.0997. The normalized spacial score (nSPS) is 11.3. The number of carbonyl (C=O) groups is 3. The lowest BCUT2D eigenvalue weighted by molar-refractivity contribution is -0.146. The van der Waals surface area contributed by atoms with Crippen molar-refractivity contribution in [3.05, 3.63) is 54.1 Å². The number of anilines is 2. The first-order valence-corrected chi connectivity index (χ1v) is 10.6. The van der Waals surface area contributed by atoms with Gasteiger partial charge in [0.1, 0.15) is 11.0 Å². The van der Waals surface area contributed by atoms with Gasteiger partial charge in [0.15, 0.2) is 6.61 Å². The molecule has 2 aromatic carbocycles. The molecule has 160 valence electrons. The van der Waals surface area contributed by atoms with Crippen molar-refractivity contribution < 1.29 is 23.9 Å². The zero-order chi connectivity index (χ0) is 21.9. The van der Waals surface area contributed by atoms with E-state index in [1.807, 2.05) is 38.1 Å². The summed E-state index contributed by atoms with van der Waals surface area (Å²) in [6, 6.07) is 14.3. The molecule has 1 atom stereocenters. The maximum absolute atomic E-state index is 12.1. The van der Waals surface area contributed by atoms with E-state index in [0.717, 1.165) is 17.3 Å². The number of carbonyl (C=O) groups excluding carboxylic acids is 3. The molecule has 0 saturated heterocycles. The highest BCUT2D eigenvalue weighted by molar-refractivity contribution is 8.01. The third-order valence-corrected chi connectivity index (χ3v) is 5.05. The van der Waals surface area contributed by atoms with Crippen LogP contribution in [0.2, 0.25) is 0 Å². The van der Waals surface area contributed by atoms with E-state index in [1.165, 1.54) is 0 Å². The summed E-state index contributed by atoms with van der Waals surface area (Å²) in [5, 5.41) is 4.84. The van der Waals surface area contributed by atoms with Crippen LogP contribution < -0.4 is 15.4 Å². The highest BCUT2D eigenvalue weighted by Crippen LogP contribution is 2.16. The van der Waals surface area contributed by atoms with Gasteiger partial charge in [0.25, 0.3) is 5.91 Å². The van der Waals surface area contributed by atoms with E-state index in [0.29, 0.717) is 23.7 Å². The van der Waals surface area contributed by atoms with E-state index in [2.05, 4.69) is 10.6 Å². The molecule has 2 amide bonds. The minimum atomic E-state index is -0.577. The van der Waals surface area contributed by atoms with Crippen molar-refractivity contribution in [1.82, 2.24) is 0 Å². The average molecular weight is 431 g/mol. The average Bonchev–Trinajstić information content (AvgIpc) is 2.73. The largest absolute Gasteiger partial charge is 0.494 e. The second-order valence-corrected chi connectivity index (χ2v) is 7.81. The minimum Gasteiger partial charge on any atom is -0.494 e. The van der Waals surface area contributed by atoms with E-state index >= 15 is 0 Å². The van der Waals surface area contributed by atoms with Crippen LogP contribution in [0, 0.1) is 6.92 Å². The molecule has 8 heteroatoms. The van der Waals surface area contributed by atoms with Gasteiger partial charge in [-0.15, -0.1) is 11.8 Å². The molecule has 2 N–H and O–H groups in total. The summed E-state index contributed by atoms with van der Waals surface area (Å²) in [5.41, 5.74) is 2.38. The molecule has 0 aliphatic heterocycles. The van der Waals surface area contributed by atoms with Crippen LogP contribution in [0.4, 0.5) is 11.4 Å². The van der Waals surface area contributed by atoms with Gasteiger partial charge in [0.2, 0.25) is 5.91 Å². The summed E-state index contributed by atoms with van der Waals surface area (Å²) >= 11 is 1.14. The van der Waals surface area contributed by atoms with Gasteiger partial charge in [-0.2, -0.15) is 0 Å². The molecular formula is C22H26N2O5S. The molecule has 0 spiro atoms. The quantitative estimate of drug-likeness (QED) is 0.559. The Bertz CT molecular complexity index is 853. The Balaban J connectivity index is 1.68. The Kier molecular flexibility index (Phi) is 9.21. The van der Waals surface area contributed by atoms with Crippen LogP contribution in [0.15, 0.2) is 48.5 Å². The first kappa shape index (κ1) is 23.3. The van der Waals surface area contributed by atoms with Gasteiger partial charge >= 0.3 is 5.97 Å². The molecule has 0 bridgehead atoms. The number of esters is 1. The third kappa shape index (κ3) is 8.16. The molecule has 7 nitrogen and oxygen atoms in total. The number of aryl methyl sites for hydroxylation is 1. The SMILES string of the molecule is CCOc1ccc(NC(=O)COC(=O)[C@@H](C)SCC(=O)Nc2ccc(C)cc2)cc1. The summed E-state index contributed by atoms with van der Waals surface area (Å²) in [4.78, 5) is 36.0. The van der Waals surface area contributed by atoms with Gasteiger partial charge in [0.05, 0.1) is 12.4 Å². The van der Waals surface area contributed by atoms with E-state index in [1.54, 1.807) is 31.2 Å². The van der Waals surface area contributed by atoms with Crippen LogP contribution in [0.5, 0.6) is 5.75 Å². The lowest BCUT2D eigenvalue weighted by Gasteiger charge is -2.12. The number of ether oxygens (including phenoxy) is 2. The smallest absolute Gasteiger partial charge is 0.319 e. The molecule has 0 radical (unpaired) electrons. The van der Waals surface area contributed by atoms with Gasteiger partial charge < -0.3 is 20.1 Å². The fourth-order valence-corrected chi connectivity index (χ4v) is 3.03. The second-order valence-electron chi connectivity index (χ2n) is 6.48. The van der Waals surface area contributed by atoms with Crippen LogP contribution in [0.1, 0.15) is 19.4 Å². The predicted molar refractivity (Wildman–Crippen MR) is 119 cm³/mol. The molecular weight excluding hydrogens is 404 g/mol. The van der Waals surface area contributed by atoms with Crippen molar-refractivity contribution >= 4 is 40.9 Å². The fraction of sp³-hybridized carbons (Fsp3) is 0.318. The van der Waals surface area contributed by atoms with Gasteiger partial charge in [-0.05, 0) is 57.2 Å². The maximum atomic E-state index is 12.1. The van der Waals surface area contributed by atoms with Crippen molar-refractivity contribution in [1.29, 1.82) is 0 Å². The molecule has 0 fully saturated rings. The van der Waals surface area contributed by atoms with Crippen molar-refractivity contribution in [3.63, 3.8) is 0 Å². The van der Waals surface area contributed by atoms with Gasteiger partial charge in [-0.3, -0.25) is 14.4 Å². The molecule has 0 aliphatic carbocycles. The van der Waals surface area contributed by atoms with E-state index in [4.69, 9.17) is 9.47 Å². The van der Waals surface area contributed by atoms with Crippen LogP contribution in [0.25, 0.3) is 0 Å². The Morgan fingerprint density at radius 3 is 2.10 bits per heavy atom. The summed E-state index contributed by atoms with van der Waals surface area (Å²) < 4.78 is 10.4. The zero-order valence-electron chi connectivity index (χ0n) is 17.3. The van der Waals surface area contributed by atoms with E-state index < -0.39 is 23.7 Å². The molecule has 2 aromatic rings. The zero-order valence-corrected chi connectivity index (χ0v) is 18.1. The number of benzene rings is 2. The Morgan fingerprint density at radius 2 is 1.50 bits per heavy atom. The van der Waals surface area contributed by atoms with Crippen LogP contribution >= 0.6 is 11.8 Å². The molecule has 0 saturated carbocycles. The Morgan fingerprint density at radius 1 is 0.933 bits per heavy atom. The number of nitrogens with one attached hydrogen (secondary N) is 2. The van der Waals surface area contributed by atoms with Crippen LogP contribution in [0.3, 0.4) is 0 Å². The van der Waals surface area contributed by atoms with Gasteiger partial charge in [-0.25, -0.2) is 0 Å². The number of hydrogen-bond donors (Lipinski definition) is 2. The number of thioether (sulfide) groups is 1. The summed E-state index contributed by atoms with van der Waals surface area (Å²) in [5.74, 6) is -0.398. The van der Waals surface area contributed by atoms with Crippen LogP contribution in [-0.4, -0.2) is 42.0 Å². The molecule has 0 aromatic heterocycles. The van der Waals surface area contributed by atoms with E-state index in [9.17, 15) is 14.4 Å². The first-order chi connectivity index (χ1) is 14.4. The van der Waals surface area contributed by atoms with Crippen LogP contribution in [-0.2, 0) is 19.1 Å². The lowest BCUT2D eigenvalue weighted by Crippen LogP contribution is -2.26. The predicted octanol–water partition coefficient (Wildman–Crippen LogP) is 3.64. The number of amides is 2. The van der Waals surface area contributed by atoms with E-state index in [-0.39, 0.29) is 11.7 Å². The van der Waals surface area contributed by atoms with Crippen molar-refractivity contribution in [3.8, 4) is 5.75 Å². The van der Waals surface area contributed by atoms with Gasteiger partial charge in [0, 0.05) is 11.4 Å². The first-order valence-electron chi connectivity index (χ1n) is 9.55. The lowest BCUT2D eigenvalue weighted by atomic mass is 10.2. The highest BCUT2D eigenvalue weighted by Gasteiger charge is 2.18. The Labute approximate surface area is 180 Å². The van der Waals surface area contributed by atoms with Crippen molar-refractivity contribution in [2.24, 2.45) is 0 Å². The molecule has 0 heterocycles. The van der Waals surface area contributed by atoms with Crippen molar-refractivity contribution in [2.45, 2.75) is 26.0 Å². The number of rotatable bonds is 10. The molecule has 0 aliphatic rings. The summed E-state index contributed by atoms with van der Waals surface area (Å²) in [6.07, 6.45) is 0. The van der Waals surface area contributed by atoms with Gasteiger partial charge in [-0.1, -0.05) is 17.7 Å². The Hall–Kier alpha value is -3.00. The monoisotopic (exact) mass is 430 g/mol. The highest BCUT2D eigenvalue weighted by atomic mass is 32.2. The topological polar surface area (TPSA) is 93.7 Å².